The second-order valence-electron chi connectivity index (χ2n) is 7.62. The van der Waals surface area contributed by atoms with Crippen molar-refractivity contribution in [3.63, 3.8) is 0 Å². The normalized spacial score (nSPS) is 18.7. The first kappa shape index (κ1) is 21.0. The number of halogens is 3. The average molecular weight is 430 g/mol. The number of rotatable bonds is 4. The molecular formula is C23H21F3N2O3. The van der Waals surface area contributed by atoms with Gasteiger partial charge in [-0.15, -0.1) is 0 Å². The summed E-state index contributed by atoms with van der Waals surface area (Å²) in [5.74, 6) is 0.364. The van der Waals surface area contributed by atoms with Gasteiger partial charge in [0.15, 0.2) is 0 Å². The van der Waals surface area contributed by atoms with Crippen molar-refractivity contribution in [1.82, 2.24) is 9.80 Å². The Morgan fingerprint density at radius 1 is 1.10 bits per heavy atom. The number of ether oxygens (including phenoxy) is 1. The van der Waals surface area contributed by atoms with E-state index in [1.54, 1.807) is 21.9 Å². The van der Waals surface area contributed by atoms with Crippen LogP contribution in [0.5, 0.6) is 11.5 Å². The van der Waals surface area contributed by atoms with Gasteiger partial charge in [-0.1, -0.05) is 12.6 Å². The van der Waals surface area contributed by atoms with Gasteiger partial charge in [0.2, 0.25) is 5.91 Å². The molecule has 2 heterocycles. The van der Waals surface area contributed by atoms with E-state index in [0.29, 0.717) is 43.8 Å². The molecule has 2 aliphatic heterocycles. The molecule has 0 spiro atoms. The fourth-order valence-electron chi connectivity index (χ4n) is 4.06. The summed E-state index contributed by atoms with van der Waals surface area (Å²) in [5.41, 5.74) is 0.666. The molecule has 1 unspecified atom stereocenters. The smallest absolute Gasteiger partial charge is 0.416 e. The minimum absolute atomic E-state index is 0.0518. The predicted octanol–water partition coefficient (Wildman–Crippen LogP) is 4.28. The Morgan fingerprint density at radius 3 is 2.48 bits per heavy atom. The van der Waals surface area contributed by atoms with E-state index in [4.69, 9.17) is 4.74 Å². The third kappa shape index (κ3) is 4.28. The highest BCUT2D eigenvalue weighted by molar-refractivity contribution is 5.97. The van der Waals surface area contributed by atoms with Crippen LogP contribution in [0.3, 0.4) is 0 Å². The van der Waals surface area contributed by atoms with Gasteiger partial charge in [-0.25, -0.2) is 0 Å². The number of benzene rings is 2. The van der Waals surface area contributed by atoms with Crippen LogP contribution in [0.15, 0.2) is 55.1 Å². The first-order valence-corrected chi connectivity index (χ1v) is 9.96. The molecule has 0 saturated carbocycles. The maximum absolute atomic E-state index is 13.1. The van der Waals surface area contributed by atoms with Crippen LogP contribution < -0.4 is 4.74 Å². The molecule has 2 aromatic carbocycles. The lowest BCUT2D eigenvalue weighted by atomic mass is 9.97. The van der Waals surface area contributed by atoms with Crippen LogP contribution in [0, 0.1) is 0 Å². The Balaban J connectivity index is 1.49. The zero-order valence-electron chi connectivity index (χ0n) is 16.7. The fourth-order valence-corrected chi connectivity index (χ4v) is 4.06. The van der Waals surface area contributed by atoms with Crippen molar-refractivity contribution in [2.24, 2.45) is 0 Å². The predicted molar refractivity (Wildman–Crippen MR) is 108 cm³/mol. The monoisotopic (exact) mass is 430 g/mol. The number of amides is 2. The third-order valence-electron chi connectivity index (χ3n) is 5.70. The molecule has 4 rings (SSSR count). The number of fused-ring (bicyclic) bond motifs is 1. The van der Waals surface area contributed by atoms with Gasteiger partial charge in [0.05, 0.1) is 11.6 Å². The van der Waals surface area contributed by atoms with Crippen LogP contribution in [0.1, 0.15) is 27.9 Å². The summed E-state index contributed by atoms with van der Waals surface area (Å²) in [6, 6.07) is 9.51. The van der Waals surface area contributed by atoms with E-state index in [1.807, 2.05) is 6.07 Å². The molecule has 5 nitrogen and oxygen atoms in total. The summed E-state index contributed by atoms with van der Waals surface area (Å²) < 4.78 is 43.8. The van der Waals surface area contributed by atoms with E-state index >= 15 is 0 Å². The van der Waals surface area contributed by atoms with E-state index < -0.39 is 11.7 Å². The van der Waals surface area contributed by atoms with Crippen molar-refractivity contribution in [3.05, 3.63) is 71.8 Å². The van der Waals surface area contributed by atoms with Gasteiger partial charge in [0, 0.05) is 25.2 Å². The minimum atomic E-state index is -4.41. The maximum atomic E-state index is 13.1. The number of nitrogens with zero attached hydrogens (tertiary/aromatic N) is 2. The highest BCUT2D eigenvalue weighted by Gasteiger charge is 2.35. The van der Waals surface area contributed by atoms with E-state index in [9.17, 15) is 22.8 Å². The first-order chi connectivity index (χ1) is 14.8. The van der Waals surface area contributed by atoms with Crippen molar-refractivity contribution in [1.29, 1.82) is 0 Å². The minimum Gasteiger partial charge on any atom is -0.457 e. The highest BCUT2D eigenvalue weighted by atomic mass is 19.4. The lowest BCUT2D eigenvalue weighted by Gasteiger charge is -2.33. The Kier molecular flexibility index (Phi) is 5.47. The molecule has 162 valence electrons. The zero-order valence-corrected chi connectivity index (χ0v) is 16.7. The largest absolute Gasteiger partial charge is 0.457 e. The van der Waals surface area contributed by atoms with Gasteiger partial charge >= 0.3 is 6.18 Å². The number of hydrogen-bond donors (Lipinski definition) is 0. The number of likely N-dealkylation sites (tertiary alicyclic amines) is 1. The van der Waals surface area contributed by atoms with Crippen LogP contribution >= 0.6 is 0 Å². The van der Waals surface area contributed by atoms with Crippen LogP contribution in [-0.2, 0) is 17.4 Å². The van der Waals surface area contributed by atoms with Gasteiger partial charge in [-0.3, -0.25) is 9.59 Å². The van der Waals surface area contributed by atoms with Gasteiger partial charge < -0.3 is 14.5 Å². The van der Waals surface area contributed by atoms with Crippen molar-refractivity contribution in [2.45, 2.75) is 25.1 Å². The molecule has 0 radical (unpaired) electrons. The summed E-state index contributed by atoms with van der Waals surface area (Å²) in [7, 11) is 0. The third-order valence-corrected chi connectivity index (χ3v) is 5.70. The van der Waals surface area contributed by atoms with Crippen molar-refractivity contribution in [3.8, 4) is 11.5 Å². The summed E-state index contributed by atoms with van der Waals surface area (Å²) in [4.78, 5) is 28.5. The summed E-state index contributed by atoms with van der Waals surface area (Å²) in [6.45, 7) is 5.15. The van der Waals surface area contributed by atoms with Gasteiger partial charge in [0.25, 0.3) is 5.91 Å². The summed E-state index contributed by atoms with van der Waals surface area (Å²) in [5, 5.41) is 0. The molecule has 2 aliphatic rings. The molecule has 0 aromatic heterocycles. The summed E-state index contributed by atoms with van der Waals surface area (Å²) in [6.07, 6.45) is -1.73. The lowest BCUT2D eigenvalue weighted by Crippen LogP contribution is -2.46. The molecule has 1 saturated heterocycles. The Morgan fingerprint density at radius 2 is 1.81 bits per heavy atom. The molecule has 1 atom stereocenters. The van der Waals surface area contributed by atoms with Crippen molar-refractivity contribution >= 4 is 11.8 Å². The van der Waals surface area contributed by atoms with E-state index in [-0.39, 0.29) is 23.6 Å². The molecule has 0 N–H and O–H groups in total. The summed E-state index contributed by atoms with van der Waals surface area (Å²) >= 11 is 0. The SMILES string of the molecule is C=CC(=O)N1CCC(N2CCc3ccc(Oc4ccc(C(F)(F)F)cc4)cc3C2=O)C1. The molecule has 31 heavy (non-hydrogen) atoms. The molecule has 0 aliphatic carbocycles. The molecular weight excluding hydrogens is 409 g/mol. The second-order valence-corrected chi connectivity index (χ2v) is 7.62. The second kappa shape index (κ2) is 8.09. The Labute approximate surface area is 177 Å². The number of hydrogen-bond acceptors (Lipinski definition) is 3. The first-order valence-electron chi connectivity index (χ1n) is 9.96. The van der Waals surface area contributed by atoms with Crippen LogP contribution in [0.4, 0.5) is 13.2 Å². The number of carbonyl (C=O) groups excluding carboxylic acids is 2. The Bertz CT molecular complexity index is 1020. The number of alkyl halides is 3. The molecule has 2 aromatic rings. The van der Waals surface area contributed by atoms with Gasteiger partial charge in [-0.05, 0) is 60.9 Å². The van der Waals surface area contributed by atoms with Crippen LogP contribution in [-0.4, -0.2) is 47.3 Å². The molecule has 0 bridgehead atoms. The zero-order chi connectivity index (χ0) is 22.2. The van der Waals surface area contributed by atoms with Crippen molar-refractivity contribution < 1.29 is 27.5 Å². The topological polar surface area (TPSA) is 49.9 Å². The standard InChI is InChI=1S/C23H21F3N2O3/c1-2-21(29)27-11-10-17(14-27)28-12-9-15-3-6-19(13-20(15)22(28)30)31-18-7-4-16(5-8-18)23(24,25)26/h2-8,13,17H,1,9-12,14H2. The van der Waals surface area contributed by atoms with Crippen molar-refractivity contribution in [2.75, 3.05) is 19.6 Å². The van der Waals surface area contributed by atoms with E-state index in [1.165, 1.54) is 18.2 Å². The maximum Gasteiger partial charge on any atom is 0.416 e. The van der Waals surface area contributed by atoms with E-state index in [2.05, 4.69) is 6.58 Å². The number of carbonyl (C=O) groups is 2. The quantitative estimate of drug-likeness (QED) is 0.681. The molecule has 8 heteroatoms. The fraction of sp³-hybridized carbons (Fsp3) is 0.304. The van der Waals surface area contributed by atoms with E-state index in [0.717, 1.165) is 17.7 Å². The van der Waals surface area contributed by atoms with Crippen LogP contribution in [0.25, 0.3) is 0 Å². The lowest BCUT2D eigenvalue weighted by molar-refractivity contribution is -0.137. The van der Waals surface area contributed by atoms with Crippen LogP contribution in [0.2, 0.25) is 0 Å². The Hall–Kier alpha value is -3.29. The molecule has 2 amide bonds. The van der Waals surface area contributed by atoms with Gasteiger partial charge in [0.1, 0.15) is 11.5 Å². The average Bonchev–Trinajstić information content (AvgIpc) is 3.23. The molecule has 1 fully saturated rings. The van der Waals surface area contributed by atoms with Gasteiger partial charge in [-0.2, -0.15) is 13.2 Å². The highest BCUT2D eigenvalue weighted by Crippen LogP contribution is 2.33.